The molecule has 0 fully saturated rings. The molecule has 0 bridgehead atoms. The predicted octanol–water partition coefficient (Wildman–Crippen LogP) is 1.95. The van der Waals surface area contributed by atoms with Gasteiger partial charge < -0.3 is 5.11 Å². The Kier molecular flexibility index (Phi) is 4.44. The van der Waals surface area contributed by atoms with Gasteiger partial charge in [-0.15, -0.1) is 0 Å². The van der Waals surface area contributed by atoms with Crippen molar-refractivity contribution in [3.8, 4) is 34.3 Å². The molecule has 0 atom stereocenters. The summed E-state index contributed by atoms with van der Waals surface area (Å²) in [6, 6.07) is 8.58. The summed E-state index contributed by atoms with van der Waals surface area (Å²) in [6.45, 7) is 1.86. The first-order valence-corrected chi connectivity index (χ1v) is 9.46. The number of sulfone groups is 1. The van der Waals surface area contributed by atoms with E-state index in [-0.39, 0.29) is 17.5 Å². The summed E-state index contributed by atoms with van der Waals surface area (Å²) >= 11 is 0. The molecular formula is C17H15N5O3S. The molecule has 1 N–H and O–H groups in total. The van der Waals surface area contributed by atoms with Crippen LogP contribution in [-0.2, 0) is 16.4 Å². The van der Waals surface area contributed by atoms with Gasteiger partial charge >= 0.3 is 0 Å². The summed E-state index contributed by atoms with van der Waals surface area (Å²) in [4.78, 5) is 7.91. The topological polar surface area (TPSA) is 122 Å². The van der Waals surface area contributed by atoms with Gasteiger partial charge in [-0.05, 0) is 36.8 Å². The smallest absolute Gasteiger partial charge is 0.247 e. The third-order valence-corrected chi connectivity index (χ3v) is 4.43. The number of rotatable bonds is 4. The Morgan fingerprint density at radius 1 is 1.31 bits per heavy atom. The minimum atomic E-state index is -3.57. The van der Waals surface area contributed by atoms with Crippen molar-refractivity contribution in [2.24, 2.45) is 0 Å². The van der Waals surface area contributed by atoms with E-state index in [0.717, 1.165) is 11.8 Å². The lowest BCUT2D eigenvalue weighted by Crippen LogP contribution is -2.04. The van der Waals surface area contributed by atoms with Gasteiger partial charge in [0.25, 0.3) is 0 Å². The summed E-state index contributed by atoms with van der Waals surface area (Å²) in [7, 11) is -3.57. The average Bonchev–Trinajstić information content (AvgIpc) is 2.98. The van der Waals surface area contributed by atoms with Gasteiger partial charge in [-0.2, -0.15) is 10.4 Å². The largest absolute Gasteiger partial charge is 0.508 e. The van der Waals surface area contributed by atoms with Gasteiger partial charge in [0.1, 0.15) is 18.0 Å². The fourth-order valence-electron chi connectivity index (χ4n) is 2.54. The minimum Gasteiger partial charge on any atom is -0.508 e. The van der Waals surface area contributed by atoms with Gasteiger partial charge in [-0.25, -0.2) is 18.4 Å². The molecule has 9 heteroatoms. The maximum Gasteiger partial charge on any atom is 0.247 e. The van der Waals surface area contributed by atoms with Crippen LogP contribution in [0.3, 0.4) is 0 Å². The number of benzene rings is 1. The summed E-state index contributed by atoms with van der Waals surface area (Å²) in [5, 5.41) is 22.9. The van der Waals surface area contributed by atoms with Gasteiger partial charge in [0.05, 0.1) is 11.8 Å². The number of phenols is 1. The highest BCUT2D eigenvalue weighted by Gasteiger charge is 2.18. The van der Waals surface area contributed by atoms with E-state index in [4.69, 9.17) is 5.26 Å². The fourth-order valence-corrected chi connectivity index (χ4v) is 3.06. The molecule has 0 unspecified atom stereocenters. The van der Waals surface area contributed by atoms with E-state index in [2.05, 4.69) is 15.1 Å². The summed E-state index contributed by atoms with van der Waals surface area (Å²) in [6.07, 6.45) is 4.01. The Morgan fingerprint density at radius 2 is 2.08 bits per heavy atom. The zero-order valence-corrected chi connectivity index (χ0v) is 14.9. The number of aromatic nitrogens is 4. The highest BCUT2D eigenvalue weighted by atomic mass is 32.2. The molecule has 8 nitrogen and oxygen atoms in total. The molecule has 0 spiro atoms. The maximum atomic E-state index is 11.7. The summed E-state index contributed by atoms with van der Waals surface area (Å²) in [5.41, 5.74) is 2.85. The second kappa shape index (κ2) is 6.57. The lowest BCUT2D eigenvalue weighted by Gasteiger charge is -2.05. The van der Waals surface area contributed by atoms with Crippen LogP contribution in [0, 0.1) is 18.3 Å². The van der Waals surface area contributed by atoms with E-state index in [0.29, 0.717) is 22.5 Å². The molecule has 0 aliphatic heterocycles. The standard InChI is InChI=1S/C17H15N5O3S/c1-11-7-12(9-13(23)8-11)16-14(10-22(21-16)6-4-18)15-3-5-19-17(20-15)26(2,24)25/h3,5,7-10,23H,6H2,1-2H3. The van der Waals surface area contributed by atoms with E-state index < -0.39 is 9.84 Å². The molecule has 0 aliphatic carbocycles. The normalized spacial score (nSPS) is 11.3. The molecule has 1 aromatic carbocycles. The molecule has 0 aliphatic rings. The highest BCUT2D eigenvalue weighted by molar-refractivity contribution is 7.90. The van der Waals surface area contributed by atoms with Gasteiger partial charge in [0.15, 0.2) is 0 Å². The van der Waals surface area contributed by atoms with E-state index in [9.17, 15) is 13.5 Å². The number of aryl methyl sites for hydroxylation is 1. The molecule has 2 heterocycles. The van der Waals surface area contributed by atoms with Crippen molar-refractivity contribution < 1.29 is 13.5 Å². The zero-order valence-electron chi connectivity index (χ0n) is 14.1. The number of hydrogen-bond acceptors (Lipinski definition) is 7. The predicted molar refractivity (Wildman–Crippen MR) is 93.8 cm³/mol. The van der Waals surface area contributed by atoms with Crippen molar-refractivity contribution in [3.63, 3.8) is 0 Å². The second-order valence-electron chi connectivity index (χ2n) is 5.80. The molecule has 2 aromatic heterocycles. The van der Waals surface area contributed by atoms with E-state index >= 15 is 0 Å². The third-order valence-electron chi connectivity index (χ3n) is 3.57. The molecule has 0 radical (unpaired) electrons. The first-order valence-electron chi connectivity index (χ1n) is 7.57. The quantitative estimate of drug-likeness (QED) is 0.697. The van der Waals surface area contributed by atoms with E-state index in [1.165, 1.54) is 10.9 Å². The van der Waals surface area contributed by atoms with Gasteiger partial charge in [0.2, 0.25) is 15.0 Å². The van der Waals surface area contributed by atoms with Crippen molar-refractivity contribution in [2.45, 2.75) is 18.6 Å². The van der Waals surface area contributed by atoms with Crippen LogP contribution in [0.4, 0.5) is 0 Å². The maximum absolute atomic E-state index is 11.7. The van der Waals surface area contributed by atoms with Crippen LogP contribution in [-0.4, -0.2) is 39.5 Å². The molecule has 0 amide bonds. The van der Waals surface area contributed by atoms with Gasteiger partial charge in [-0.3, -0.25) is 4.68 Å². The molecule has 3 aromatic rings. The van der Waals surface area contributed by atoms with Crippen molar-refractivity contribution >= 4 is 9.84 Å². The van der Waals surface area contributed by atoms with Crippen LogP contribution in [0.5, 0.6) is 5.75 Å². The minimum absolute atomic E-state index is 0.0226. The molecule has 3 rings (SSSR count). The van der Waals surface area contributed by atoms with E-state index in [1.54, 1.807) is 24.4 Å². The van der Waals surface area contributed by atoms with Crippen LogP contribution in [0.2, 0.25) is 0 Å². The number of aromatic hydroxyl groups is 1. The lowest BCUT2D eigenvalue weighted by molar-refractivity contribution is 0.475. The summed E-state index contributed by atoms with van der Waals surface area (Å²) in [5.74, 6) is 0.0836. The van der Waals surface area contributed by atoms with Crippen molar-refractivity contribution in [1.29, 1.82) is 5.26 Å². The van der Waals surface area contributed by atoms with Crippen LogP contribution >= 0.6 is 0 Å². The highest BCUT2D eigenvalue weighted by Crippen LogP contribution is 2.32. The number of phenolic OH excluding ortho intramolecular Hbond substituents is 1. The Hall–Kier alpha value is -3.25. The molecule has 0 saturated heterocycles. The zero-order chi connectivity index (χ0) is 18.9. The van der Waals surface area contributed by atoms with Crippen LogP contribution in [0.25, 0.3) is 22.5 Å². The molecule has 132 valence electrons. The van der Waals surface area contributed by atoms with E-state index in [1.807, 2.05) is 19.1 Å². The van der Waals surface area contributed by atoms with Crippen molar-refractivity contribution in [3.05, 3.63) is 42.2 Å². The van der Waals surface area contributed by atoms with Gasteiger partial charge in [-0.1, -0.05) is 0 Å². The van der Waals surface area contributed by atoms with Crippen LogP contribution < -0.4 is 0 Å². The van der Waals surface area contributed by atoms with Crippen molar-refractivity contribution in [1.82, 2.24) is 19.7 Å². The fraction of sp³-hybridized carbons (Fsp3) is 0.176. The Bertz CT molecular complexity index is 1110. The summed E-state index contributed by atoms with van der Waals surface area (Å²) < 4.78 is 24.9. The Labute approximate surface area is 150 Å². The average molecular weight is 369 g/mol. The first kappa shape index (κ1) is 17.6. The number of nitriles is 1. The van der Waals surface area contributed by atoms with Crippen molar-refractivity contribution in [2.75, 3.05) is 6.26 Å². The van der Waals surface area contributed by atoms with Crippen LogP contribution in [0.1, 0.15) is 5.56 Å². The Morgan fingerprint density at radius 3 is 2.73 bits per heavy atom. The third kappa shape index (κ3) is 3.55. The Balaban J connectivity index is 2.23. The molecular weight excluding hydrogens is 354 g/mol. The van der Waals surface area contributed by atoms with Crippen LogP contribution in [0.15, 0.2) is 41.8 Å². The monoisotopic (exact) mass is 369 g/mol. The first-order chi connectivity index (χ1) is 12.3. The molecule has 26 heavy (non-hydrogen) atoms. The second-order valence-corrected chi connectivity index (χ2v) is 7.71. The molecule has 0 saturated carbocycles. The SMILES string of the molecule is Cc1cc(O)cc(-c2nn(CC#N)cc2-c2ccnc(S(C)(=O)=O)n2)c1. The van der Waals surface area contributed by atoms with Gasteiger partial charge in [0, 0.05) is 29.8 Å². The lowest BCUT2D eigenvalue weighted by atomic mass is 10.0. The number of hydrogen-bond donors (Lipinski definition) is 1. The number of nitrogens with zero attached hydrogens (tertiary/aromatic N) is 5.